The van der Waals surface area contributed by atoms with Crippen LogP contribution in [-0.4, -0.2) is 22.2 Å². The van der Waals surface area contributed by atoms with Crippen molar-refractivity contribution in [3.05, 3.63) is 102 Å². The summed E-state index contributed by atoms with van der Waals surface area (Å²) in [4.78, 5) is 11.8. The Balaban J connectivity index is 0.00000308. The average molecular weight is 696 g/mol. The zero-order chi connectivity index (χ0) is 26.6. The summed E-state index contributed by atoms with van der Waals surface area (Å²) in [5, 5.41) is 11.6. The Labute approximate surface area is 243 Å². The van der Waals surface area contributed by atoms with Gasteiger partial charge in [0.1, 0.15) is 22.8 Å². The van der Waals surface area contributed by atoms with Gasteiger partial charge in [-0.2, -0.15) is 0 Å². The molecular weight excluding hydrogens is 665 g/mol. The zero-order valence-corrected chi connectivity index (χ0v) is 24.9. The number of hydrogen-bond donors (Lipinski definition) is 1. The molecule has 0 aliphatic carbocycles. The second kappa shape index (κ2) is 10.1. The van der Waals surface area contributed by atoms with Gasteiger partial charge in [-0.15, -0.1) is 23.8 Å². The van der Waals surface area contributed by atoms with E-state index in [-0.39, 0.29) is 32.2 Å². The molecule has 0 bridgehead atoms. The Kier molecular flexibility index (Phi) is 6.98. The molecule has 1 aliphatic heterocycles. The standard InChI is InChI=1S/C33H30N3O2.Pt/c1-20(2)23-12-16-30(37)32-24(23)11-15-27(35-32)21-9-13-25-28(18-21)36(31-8-6-7-17-34-31)29-19-22(38-5)10-14-26(29)33(25,3)4;/h6-17,19-20,37H,1-5H3;/q-1;. The monoisotopic (exact) mass is 695 g/mol. The van der Waals surface area contributed by atoms with E-state index in [0.717, 1.165) is 45.1 Å². The van der Waals surface area contributed by atoms with E-state index >= 15 is 0 Å². The third-order valence-electron chi connectivity index (χ3n) is 7.59. The molecule has 0 saturated heterocycles. The van der Waals surface area contributed by atoms with E-state index in [9.17, 15) is 5.11 Å². The summed E-state index contributed by atoms with van der Waals surface area (Å²) in [6, 6.07) is 27.8. The number of rotatable bonds is 4. The molecule has 2 aromatic heterocycles. The molecule has 39 heavy (non-hydrogen) atoms. The van der Waals surface area contributed by atoms with Gasteiger partial charge < -0.3 is 14.7 Å². The first-order valence-electron chi connectivity index (χ1n) is 12.9. The Morgan fingerprint density at radius 2 is 1.74 bits per heavy atom. The van der Waals surface area contributed by atoms with E-state index in [1.54, 1.807) is 19.4 Å². The van der Waals surface area contributed by atoms with Gasteiger partial charge in [-0.25, -0.2) is 4.98 Å². The zero-order valence-electron chi connectivity index (χ0n) is 22.6. The molecule has 0 fully saturated rings. The number of pyridine rings is 2. The fraction of sp³-hybridized carbons (Fsp3) is 0.212. The fourth-order valence-electron chi connectivity index (χ4n) is 5.53. The van der Waals surface area contributed by atoms with Crippen molar-refractivity contribution in [3.8, 4) is 22.8 Å². The van der Waals surface area contributed by atoms with Crippen LogP contribution in [0.3, 0.4) is 0 Å². The Morgan fingerprint density at radius 3 is 2.46 bits per heavy atom. The number of fused-ring (bicyclic) bond motifs is 3. The molecule has 0 atom stereocenters. The molecule has 1 N–H and O–H groups in total. The van der Waals surface area contributed by atoms with Crippen molar-refractivity contribution >= 4 is 28.1 Å². The first kappa shape index (κ1) is 26.9. The Hall–Kier alpha value is -3.69. The molecule has 5 nitrogen and oxygen atoms in total. The maximum absolute atomic E-state index is 10.7. The minimum Gasteiger partial charge on any atom is -0.506 e. The van der Waals surface area contributed by atoms with Gasteiger partial charge in [-0.1, -0.05) is 63.6 Å². The molecule has 6 rings (SSSR count). The van der Waals surface area contributed by atoms with Crippen LogP contribution in [0.15, 0.2) is 79.0 Å². The third kappa shape index (κ3) is 4.39. The van der Waals surface area contributed by atoms with Crippen LogP contribution < -0.4 is 9.64 Å². The largest absolute Gasteiger partial charge is 0.506 e. The summed E-state index contributed by atoms with van der Waals surface area (Å²) in [5.74, 6) is 2.10. The van der Waals surface area contributed by atoms with Crippen LogP contribution in [0.1, 0.15) is 50.3 Å². The smallest absolute Gasteiger partial charge is 0.140 e. The molecule has 3 heterocycles. The number of aromatic nitrogens is 2. The van der Waals surface area contributed by atoms with Crippen LogP contribution in [0.2, 0.25) is 0 Å². The van der Waals surface area contributed by atoms with Crippen molar-refractivity contribution in [2.45, 2.75) is 39.0 Å². The number of phenols is 1. The van der Waals surface area contributed by atoms with Crippen LogP contribution in [0.4, 0.5) is 17.2 Å². The van der Waals surface area contributed by atoms with Crippen molar-refractivity contribution in [3.63, 3.8) is 0 Å². The van der Waals surface area contributed by atoms with Crippen molar-refractivity contribution in [1.29, 1.82) is 0 Å². The van der Waals surface area contributed by atoms with E-state index < -0.39 is 0 Å². The normalized spacial score (nSPS) is 13.5. The fourth-order valence-corrected chi connectivity index (χ4v) is 5.53. The number of nitrogens with zero attached hydrogens (tertiary/aromatic N) is 3. The maximum atomic E-state index is 10.7. The number of ether oxygens (including phenoxy) is 1. The molecule has 0 radical (unpaired) electrons. The summed E-state index contributed by atoms with van der Waals surface area (Å²) in [6.45, 7) is 8.77. The van der Waals surface area contributed by atoms with Gasteiger partial charge in [0.15, 0.2) is 0 Å². The number of phenolic OH excluding ortho intramolecular Hbond substituents is 1. The quantitative estimate of drug-likeness (QED) is 0.193. The van der Waals surface area contributed by atoms with Crippen LogP contribution in [0, 0.1) is 6.07 Å². The summed E-state index contributed by atoms with van der Waals surface area (Å²) < 4.78 is 5.60. The molecule has 5 aromatic rings. The summed E-state index contributed by atoms with van der Waals surface area (Å²) in [5.41, 5.74) is 7.39. The maximum Gasteiger partial charge on any atom is 0.140 e. The molecule has 0 unspecified atom stereocenters. The second-order valence-corrected chi connectivity index (χ2v) is 10.6. The number of hydrogen-bond acceptors (Lipinski definition) is 5. The number of anilines is 3. The van der Waals surface area contributed by atoms with Gasteiger partial charge >= 0.3 is 0 Å². The van der Waals surface area contributed by atoms with E-state index in [1.807, 2.05) is 36.4 Å². The van der Waals surface area contributed by atoms with Gasteiger partial charge in [0.05, 0.1) is 12.8 Å². The second-order valence-electron chi connectivity index (χ2n) is 10.6. The molecule has 0 saturated carbocycles. The van der Waals surface area contributed by atoms with E-state index in [1.165, 1.54) is 11.1 Å². The van der Waals surface area contributed by atoms with Crippen LogP contribution >= 0.6 is 0 Å². The first-order valence-corrected chi connectivity index (χ1v) is 12.9. The Bertz CT molecular complexity index is 1680. The predicted octanol–water partition coefficient (Wildman–Crippen LogP) is 8.04. The van der Waals surface area contributed by atoms with Gasteiger partial charge in [-0.05, 0) is 58.1 Å². The molecule has 1 aliphatic rings. The van der Waals surface area contributed by atoms with Gasteiger partial charge in [-0.3, -0.25) is 4.98 Å². The summed E-state index contributed by atoms with van der Waals surface area (Å²) in [6.07, 6.45) is 1.80. The van der Waals surface area contributed by atoms with Crippen LogP contribution in [0.25, 0.3) is 22.2 Å². The molecule has 0 spiro atoms. The summed E-state index contributed by atoms with van der Waals surface area (Å²) in [7, 11) is 1.69. The Morgan fingerprint density at radius 1 is 0.949 bits per heavy atom. The van der Waals surface area contributed by atoms with E-state index in [4.69, 9.17) is 14.7 Å². The van der Waals surface area contributed by atoms with Gasteiger partial charge in [0.25, 0.3) is 0 Å². The SMILES string of the molecule is COc1ccc2c(c1)N(c1ccccn1)c1[c-]c(-c3ccc4c(C(C)C)ccc(O)c4n3)ccc1C2(C)C.[Pt]. The third-order valence-corrected chi connectivity index (χ3v) is 7.59. The molecule has 6 heteroatoms. The molecule has 0 amide bonds. The predicted molar refractivity (Wildman–Crippen MR) is 153 cm³/mol. The van der Waals surface area contributed by atoms with Gasteiger partial charge in [0.2, 0.25) is 0 Å². The van der Waals surface area contributed by atoms with Crippen molar-refractivity contribution < 1.29 is 30.9 Å². The minimum atomic E-state index is -0.265. The number of methoxy groups -OCH3 is 1. The van der Waals surface area contributed by atoms with Crippen molar-refractivity contribution in [2.75, 3.05) is 12.0 Å². The molecule has 3 aromatic carbocycles. The number of aromatic hydroxyl groups is 1. The van der Waals surface area contributed by atoms with Crippen molar-refractivity contribution in [1.82, 2.24) is 9.97 Å². The van der Waals surface area contributed by atoms with Gasteiger partial charge in [0, 0.05) is 38.7 Å². The average Bonchev–Trinajstić information content (AvgIpc) is 2.93. The molecule has 200 valence electrons. The van der Waals surface area contributed by atoms with E-state index in [0.29, 0.717) is 11.4 Å². The number of benzene rings is 3. The first-order chi connectivity index (χ1) is 18.3. The van der Waals surface area contributed by atoms with Crippen LogP contribution in [0.5, 0.6) is 11.5 Å². The van der Waals surface area contributed by atoms with Crippen LogP contribution in [-0.2, 0) is 26.5 Å². The van der Waals surface area contributed by atoms with Crippen molar-refractivity contribution in [2.24, 2.45) is 0 Å². The topological polar surface area (TPSA) is 58.5 Å². The molecular formula is C33H30N3O2Pt-. The summed E-state index contributed by atoms with van der Waals surface area (Å²) >= 11 is 0. The van der Waals surface area contributed by atoms with E-state index in [2.05, 4.69) is 69.0 Å². The minimum absolute atomic E-state index is 0.